The molecule has 5 nitrogen and oxygen atoms in total. The van der Waals surface area contributed by atoms with Crippen molar-refractivity contribution in [3.05, 3.63) is 17.7 Å². The van der Waals surface area contributed by atoms with E-state index >= 15 is 0 Å². The van der Waals surface area contributed by atoms with Crippen molar-refractivity contribution in [1.82, 2.24) is 19.8 Å². The lowest BCUT2D eigenvalue weighted by molar-refractivity contribution is -0.141. The molecule has 1 atom stereocenters. The number of halogens is 3. The standard InChI is InChI=1S/C16H23F3N4O/c1-22(12-6-2-3-7-12)15(24)23-8-4-5-11(10-23)14-20-9-13(21-14)16(17,18)19/h9,11-12H,2-8,10H2,1H3,(H,20,21)/t11-/m1/s1. The van der Waals surface area contributed by atoms with E-state index in [9.17, 15) is 18.0 Å². The number of rotatable bonds is 2. The fourth-order valence-electron chi connectivity index (χ4n) is 3.73. The van der Waals surface area contributed by atoms with Crippen molar-refractivity contribution in [2.24, 2.45) is 0 Å². The van der Waals surface area contributed by atoms with E-state index in [0.717, 1.165) is 44.7 Å². The minimum absolute atomic E-state index is 0.0193. The molecule has 2 amide bonds. The highest BCUT2D eigenvalue weighted by molar-refractivity contribution is 5.74. The van der Waals surface area contributed by atoms with Crippen LogP contribution in [0, 0.1) is 0 Å². The van der Waals surface area contributed by atoms with Gasteiger partial charge in [-0.25, -0.2) is 9.78 Å². The third-order valence-corrected chi connectivity index (χ3v) is 5.15. The number of hydrogen-bond acceptors (Lipinski definition) is 2. The van der Waals surface area contributed by atoms with Crippen molar-refractivity contribution in [2.45, 2.75) is 56.7 Å². The lowest BCUT2D eigenvalue weighted by Crippen LogP contribution is -2.48. The average molecular weight is 344 g/mol. The lowest BCUT2D eigenvalue weighted by Gasteiger charge is -2.36. The Bertz CT molecular complexity index is 580. The normalized spacial score (nSPS) is 22.8. The lowest BCUT2D eigenvalue weighted by atomic mass is 9.97. The molecular formula is C16H23F3N4O. The first-order valence-electron chi connectivity index (χ1n) is 8.50. The second-order valence-corrected chi connectivity index (χ2v) is 6.80. The molecule has 1 saturated carbocycles. The van der Waals surface area contributed by atoms with Crippen LogP contribution in [0.1, 0.15) is 56.0 Å². The van der Waals surface area contributed by atoms with Gasteiger partial charge < -0.3 is 14.8 Å². The van der Waals surface area contributed by atoms with Crippen LogP contribution in [0.15, 0.2) is 6.20 Å². The van der Waals surface area contributed by atoms with Gasteiger partial charge in [-0.3, -0.25) is 0 Å². The molecule has 134 valence electrons. The molecule has 0 bridgehead atoms. The summed E-state index contributed by atoms with van der Waals surface area (Å²) in [6.07, 6.45) is 2.30. The summed E-state index contributed by atoms with van der Waals surface area (Å²) in [6, 6.07) is 0.271. The highest BCUT2D eigenvalue weighted by Gasteiger charge is 2.35. The third kappa shape index (κ3) is 3.52. The predicted octanol–water partition coefficient (Wildman–Crippen LogP) is 3.60. The van der Waals surface area contributed by atoms with Crippen LogP contribution in [0.2, 0.25) is 0 Å². The number of likely N-dealkylation sites (tertiary alicyclic amines) is 1. The highest BCUT2D eigenvalue weighted by Crippen LogP contribution is 2.31. The first-order valence-corrected chi connectivity index (χ1v) is 8.50. The predicted molar refractivity (Wildman–Crippen MR) is 82.6 cm³/mol. The van der Waals surface area contributed by atoms with Gasteiger partial charge in [0.05, 0.1) is 6.20 Å². The second kappa shape index (κ2) is 6.64. The van der Waals surface area contributed by atoms with E-state index in [4.69, 9.17) is 0 Å². The number of nitrogens with one attached hydrogen (secondary N) is 1. The molecular weight excluding hydrogens is 321 g/mol. The topological polar surface area (TPSA) is 52.2 Å². The number of nitrogens with zero attached hydrogens (tertiary/aromatic N) is 3. The van der Waals surface area contributed by atoms with Crippen molar-refractivity contribution in [1.29, 1.82) is 0 Å². The van der Waals surface area contributed by atoms with Crippen LogP contribution < -0.4 is 0 Å². The zero-order valence-electron chi connectivity index (χ0n) is 13.8. The molecule has 2 heterocycles. The van der Waals surface area contributed by atoms with Crippen LogP contribution in [-0.2, 0) is 6.18 Å². The average Bonchev–Trinajstić information content (AvgIpc) is 3.24. The third-order valence-electron chi connectivity index (χ3n) is 5.15. The van der Waals surface area contributed by atoms with E-state index in [-0.39, 0.29) is 11.9 Å². The first-order chi connectivity index (χ1) is 11.4. The van der Waals surface area contributed by atoms with Gasteiger partial charge in [0.15, 0.2) is 0 Å². The van der Waals surface area contributed by atoms with Gasteiger partial charge in [-0.15, -0.1) is 0 Å². The quantitative estimate of drug-likeness (QED) is 0.891. The fourth-order valence-corrected chi connectivity index (χ4v) is 3.73. The van der Waals surface area contributed by atoms with Gasteiger partial charge in [0, 0.05) is 32.1 Å². The summed E-state index contributed by atoms with van der Waals surface area (Å²) in [5.41, 5.74) is -0.830. The van der Waals surface area contributed by atoms with Crippen LogP contribution in [-0.4, -0.2) is 52.0 Å². The van der Waals surface area contributed by atoms with Crippen LogP contribution in [0.3, 0.4) is 0 Å². The maximum absolute atomic E-state index is 12.7. The Labute approximate surface area is 139 Å². The number of imidazole rings is 1. The Morgan fingerprint density at radius 1 is 1.29 bits per heavy atom. The first kappa shape index (κ1) is 17.1. The number of carbonyl (C=O) groups excluding carboxylic acids is 1. The largest absolute Gasteiger partial charge is 0.432 e. The molecule has 8 heteroatoms. The van der Waals surface area contributed by atoms with Crippen molar-refractivity contribution >= 4 is 6.03 Å². The molecule has 1 aliphatic heterocycles. The van der Waals surface area contributed by atoms with Gasteiger partial charge in [-0.05, 0) is 25.7 Å². The van der Waals surface area contributed by atoms with Gasteiger partial charge in [0.1, 0.15) is 11.5 Å². The number of piperidine rings is 1. The number of urea groups is 1. The summed E-state index contributed by atoms with van der Waals surface area (Å²) < 4.78 is 38.1. The molecule has 1 aliphatic carbocycles. The summed E-state index contributed by atoms with van der Waals surface area (Å²) >= 11 is 0. The van der Waals surface area contributed by atoms with Crippen molar-refractivity contribution in [2.75, 3.05) is 20.1 Å². The molecule has 0 unspecified atom stereocenters. The molecule has 3 rings (SSSR count). The van der Waals surface area contributed by atoms with E-state index in [0.29, 0.717) is 25.0 Å². The van der Waals surface area contributed by atoms with Gasteiger partial charge in [-0.1, -0.05) is 12.8 Å². The minimum Gasteiger partial charge on any atom is -0.338 e. The number of aromatic amines is 1. The maximum Gasteiger partial charge on any atom is 0.432 e. The fraction of sp³-hybridized carbons (Fsp3) is 0.750. The Hall–Kier alpha value is -1.73. The van der Waals surface area contributed by atoms with Crippen molar-refractivity contribution in [3.8, 4) is 0 Å². The van der Waals surface area contributed by atoms with Gasteiger partial charge in [0.25, 0.3) is 0 Å². The smallest absolute Gasteiger partial charge is 0.338 e. The molecule has 2 fully saturated rings. The van der Waals surface area contributed by atoms with E-state index < -0.39 is 11.9 Å². The van der Waals surface area contributed by atoms with E-state index in [1.807, 2.05) is 7.05 Å². The van der Waals surface area contributed by atoms with Crippen molar-refractivity contribution in [3.63, 3.8) is 0 Å². The van der Waals surface area contributed by atoms with Gasteiger partial charge in [-0.2, -0.15) is 13.2 Å². The number of hydrogen-bond donors (Lipinski definition) is 1. The summed E-state index contributed by atoms with van der Waals surface area (Å²) in [4.78, 5) is 22.5. The molecule has 1 aromatic rings. The molecule has 0 spiro atoms. The SMILES string of the molecule is CN(C(=O)N1CCC[C@@H](c2ncc(C(F)(F)F)[nH]2)C1)C1CCCC1. The molecule has 0 aromatic carbocycles. The summed E-state index contributed by atoms with van der Waals surface area (Å²) in [5.74, 6) is 0.152. The van der Waals surface area contributed by atoms with Crippen LogP contribution in [0.25, 0.3) is 0 Å². The number of alkyl halides is 3. The summed E-state index contributed by atoms with van der Waals surface area (Å²) in [5, 5.41) is 0. The number of amides is 2. The van der Waals surface area contributed by atoms with Crippen molar-refractivity contribution < 1.29 is 18.0 Å². The number of carbonyl (C=O) groups is 1. The highest BCUT2D eigenvalue weighted by atomic mass is 19.4. The molecule has 1 saturated heterocycles. The molecule has 1 N–H and O–H groups in total. The number of H-pyrrole nitrogens is 1. The van der Waals surface area contributed by atoms with Crippen LogP contribution in [0.4, 0.5) is 18.0 Å². The summed E-state index contributed by atoms with van der Waals surface area (Å²) in [7, 11) is 1.83. The molecule has 24 heavy (non-hydrogen) atoms. The zero-order chi connectivity index (χ0) is 17.3. The van der Waals surface area contributed by atoms with Gasteiger partial charge in [0.2, 0.25) is 0 Å². The molecule has 0 radical (unpaired) electrons. The Balaban J connectivity index is 1.65. The Morgan fingerprint density at radius 2 is 2.00 bits per heavy atom. The van der Waals surface area contributed by atoms with Crippen LogP contribution in [0.5, 0.6) is 0 Å². The zero-order valence-corrected chi connectivity index (χ0v) is 13.8. The molecule has 1 aromatic heterocycles. The Kier molecular flexibility index (Phi) is 4.73. The Morgan fingerprint density at radius 3 is 2.62 bits per heavy atom. The second-order valence-electron chi connectivity index (χ2n) is 6.80. The van der Waals surface area contributed by atoms with E-state index in [2.05, 4.69) is 9.97 Å². The van der Waals surface area contributed by atoms with Gasteiger partial charge >= 0.3 is 12.2 Å². The maximum atomic E-state index is 12.7. The van der Waals surface area contributed by atoms with E-state index in [1.165, 1.54) is 0 Å². The van der Waals surface area contributed by atoms with Crippen LogP contribution >= 0.6 is 0 Å². The monoisotopic (exact) mass is 344 g/mol. The molecule has 2 aliphatic rings. The summed E-state index contributed by atoms with van der Waals surface area (Å²) in [6.45, 7) is 1.07. The minimum atomic E-state index is -4.42. The van der Waals surface area contributed by atoms with E-state index in [1.54, 1.807) is 9.80 Å². The number of aromatic nitrogens is 2.